The molecule has 2 aromatic carbocycles. The third-order valence-corrected chi connectivity index (χ3v) is 4.84. The molecule has 7 heteroatoms. The number of aromatic nitrogens is 1. The number of hydrogen-bond acceptors (Lipinski definition) is 6. The summed E-state index contributed by atoms with van der Waals surface area (Å²) < 4.78 is 10.7. The second-order valence-corrected chi connectivity index (χ2v) is 7.19. The molecule has 3 rings (SSSR count). The SMILES string of the molecule is O=C(Cc1nc(COC(=O)CCOc2ccccc2)cs1)NCc1ccccc1. The number of rotatable bonds is 10. The molecule has 0 aliphatic carbocycles. The molecule has 6 nitrogen and oxygen atoms in total. The first-order valence-electron chi connectivity index (χ1n) is 9.26. The van der Waals surface area contributed by atoms with Gasteiger partial charge in [-0.1, -0.05) is 48.5 Å². The number of carbonyl (C=O) groups is 2. The quantitative estimate of drug-likeness (QED) is 0.518. The predicted molar refractivity (Wildman–Crippen MR) is 110 cm³/mol. The van der Waals surface area contributed by atoms with Gasteiger partial charge in [0.25, 0.3) is 0 Å². The molecule has 1 aromatic heterocycles. The van der Waals surface area contributed by atoms with E-state index in [9.17, 15) is 9.59 Å². The Hall–Kier alpha value is -3.19. The van der Waals surface area contributed by atoms with E-state index in [1.54, 1.807) is 5.38 Å². The maximum absolute atomic E-state index is 12.1. The highest BCUT2D eigenvalue weighted by atomic mass is 32.1. The minimum absolute atomic E-state index is 0.0896. The Morgan fingerprint density at radius 3 is 2.48 bits per heavy atom. The smallest absolute Gasteiger partial charge is 0.309 e. The standard InChI is InChI=1S/C22H22N2O4S/c25-20(23-14-17-7-3-1-4-8-17)13-21-24-18(16-29-21)15-28-22(26)11-12-27-19-9-5-2-6-10-19/h1-10,16H,11-15H2,(H,23,25). The van der Waals surface area contributed by atoms with E-state index < -0.39 is 0 Å². The summed E-state index contributed by atoms with van der Waals surface area (Å²) in [6.07, 6.45) is 0.365. The van der Waals surface area contributed by atoms with Gasteiger partial charge in [0.2, 0.25) is 5.91 Å². The number of amides is 1. The Kier molecular flexibility index (Phi) is 7.77. The Labute approximate surface area is 173 Å². The highest BCUT2D eigenvalue weighted by Gasteiger charge is 2.10. The highest BCUT2D eigenvalue weighted by Crippen LogP contribution is 2.12. The van der Waals surface area contributed by atoms with Gasteiger partial charge in [-0.05, 0) is 17.7 Å². The molecule has 1 N–H and O–H groups in total. The number of thiazole rings is 1. The van der Waals surface area contributed by atoms with Crippen molar-refractivity contribution in [2.75, 3.05) is 6.61 Å². The fourth-order valence-electron chi connectivity index (χ4n) is 2.49. The van der Waals surface area contributed by atoms with Crippen molar-refractivity contribution in [1.82, 2.24) is 10.3 Å². The van der Waals surface area contributed by atoms with E-state index in [2.05, 4.69) is 10.3 Å². The molecule has 0 fully saturated rings. The average Bonchev–Trinajstić information content (AvgIpc) is 3.19. The van der Waals surface area contributed by atoms with Gasteiger partial charge in [-0.3, -0.25) is 9.59 Å². The zero-order valence-electron chi connectivity index (χ0n) is 15.9. The van der Waals surface area contributed by atoms with Gasteiger partial charge in [-0.15, -0.1) is 11.3 Å². The number of hydrogen-bond donors (Lipinski definition) is 1. The molecule has 0 radical (unpaired) electrons. The summed E-state index contributed by atoms with van der Waals surface area (Å²) in [6, 6.07) is 19.0. The minimum atomic E-state index is -0.351. The number of nitrogens with one attached hydrogen (secondary N) is 1. The van der Waals surface area contributed by atoms with Crippen molar-refractivity contribution in [2.45, 2.75) is 26.0 Å². The second kappa shape index (κ2) is 11.0. The normalized spacial score (nSPS) is 10.3. The van der Waals surface area contributed by atoms with Gasteiger partial charge >= 0.3 is 5.97 Å². The average molecular weight is 410 g/mol. The van der Waals surface area contributed by atoms with Crippen molar-refractivity contribution in [3.8, 4) is 5.75 Å². The number of para-hydroxylation sites is 1. The summed E-state index contributed by atoms with van der Waals surface area (Å²) in [5.41, 5.74) is 1.68. The molecular weight excluding hydrogens is 388 g/mol. The van der Waals surface area contributed by atoms with Crippen LogP contribution in [-0.4, -0.2) is 23.5 Å². The first-order chi connectivity index (χ1) is 14.2. The van der Waals surface area contributed by atoms with Gasteiger partial charge in [-0.25, -0.2) is 4.98 Å². The maximum atomic E-state index is 12.1. The fraction of sp³-hybridized carbons (Fsp3) is 0.227. The summed E-state index contributed by atoms with van der Waals surface area (Å²) >= 11 is 1.38. The zero-order chi connectivity index (χ0) is 20.3. The number of ether oxygens (including phenoxy) is 2. The molecule has 0 saturated carbocycles. The maximum Gasteiger partial charge on any atom is 0.309 e. The number of benzene rings is 2. The Balaban J connectivity index is 1.34. The summed E-state index contributed by atoms with van der Waals surface area (Å²) in [5.74, 6) is 0.274. The lowest BCUT2D eigenvalue weighted by atomic mass is 10.2. The lowest BCUT2D eigenvalue weighted by Gasteiger charge is -2.06. The van der Waals surface area contributed by atoms with Gasteiger partial charge in [0.1, 0.15) is 17.4 Å². The van der Waals surface area contributed by atoms with Gasteiger partial charge in [-0.2, -0.15) is 0 Å². The third-order valence-electron chi connectivity index (χ3n) is 3.94. The topological polar surface area (TPSA) is 77.5 Å². The molecule has 0 bridgehead atoms. The largest absolute Gasteiger partial charge is 0.493 e. The van der Waals surface area contributed by atoms with Crippen LogP contribution in [0.5, 0.6) is 5.75 Å². The van der Waals surface area contributed by atoms with Crippen LogP contribution >= 0.6 is 11.3 Å². The van der Waals surface area contributed by atoms with E-state index in [0.29, 0.717) is 17.2 Å². The molecule has 0 atom stereocenters. The van der Waals surface area contributed by atoms with Crippen molar-refractivity contribution in [1.29, 1.82) is 0 Å². The Morgan fingerprint density at radius 1 is 1.00 bits per heavy atom. The van der Waals surface area contributed by atoms with Crippen LogP contribution in [-0.2, 0) is 33.9 Å². The molecule has 0 spiro atoms. The first kappa shape index (κ1) is 20.5. The summed E-state index contributed by atoms with van der Waals surface area (Å²) in [5, 5.41) is 5.36. The van der Waals surface area contributed by atoms with Crippen LogP contribution in [0.3, 0.4) is 0 Å². The van der Waals surface area contributed by atoms with E-state index in [1.807, 2.05) is 60.7 Å². The zero-order valence-corrected chi connectivity index (χ0v) is 16.7. The van der Waals surface area contributed by atoms with Gasteiger partial charge < -0.3 is 14.8 Å². The molecule has 1 heterocycles. The third kappa shape index (κ3) is 7.38. The molecule has 0 aliphatic rings. The molecule has 1 amide bonds. The van der Waals surface area contributed by atoms with E-state index in [1.165, 1.54) is 11.3 Å². The van der Waals surface area contributed by atoms with Gasteiger partial charge in [0.05, 0.1) is 25.1 Å². The van der Waals surface area contributed by atoms with Crippen molar-refractivity contribution < 1.29 is 19.1 Å². The number of carbonyl (C=O) groups excluding carboxylic acids is 2. The fourth-order valence-corrected chi connectivity index (χ4v) is 3.27. The molecule has 0 saturated heterocycles. The molecule has 29 heavy (non-hydrogen) atoms. The summed E-state index contributed by atoms with van der Waals surface area (Å²) in [7, 11) is 0. The van der Waals surface area contributed by atoms with Crippen LogP contribution in [0.25, 0.3) is 0 Å². The predicted octanol–water partition coefficient (Wildman–Crippen LogP) is 3.51. The lowest BCUT2D eigenvalue weighted by Crippen LogP contribution is -2.24. The van der Waals surface area contributed by atoms with Gasteiger partial charge in [0, 0.05) is 11.9 Å². The van der Waals surface area contributed by atoms with Crippen LogP contribution < -0.4 is 10.1 Å². The number of esters is 1. The minimum Gasteiger partial charge on any atom is -0.493 e. The van der Waals surface area contributed by atoms with Crippen molar-refractivity contribution in [2.24, 2.45) is 0 Å². The first-order valence-corrected chi connectivity index (χ1v) is 10.1. The van der Waals surface area contributed by atoms with Crippen LogP contribution in [0.2, 0.25) is 0 Å². The molecular formula is C22H22N2O4S. The van der Waals surface area contributed by atoms with Crippen molar-refractivity contribution >= 4 is 23.2 Å². The molecule has 150 valence electrons. The molecule has 0 aliphatic heterocycles. The van der Waals surface area contributed by atoms with Crippen LogP contribution in [0.1, 0.15) is 22.7 Å². The lowest BCUT2D eigenvalue weighted by molar-refractivity contribution is -0.145. The summed E-state index contributed by atoms with van der Waals surface area (Å²) in [6.45, 7) is 0.833. The summed E-state index contributed by atoms with van der Waals surface area (Å²) in [4.78, 5) is 28.2. The van der Waals surface area contributed by atoms with Crippen LogP contribution in [0.15, 0.2) is 66.0 Å². The molecule has 0 unspecified atom stereocenters. The van der Waals surface area contributed by atoms with Crippen LogP contribution in [0.4, 0.5) is 0 Å². The van der Waals surface area contributed by atoms with E-state index in [-0.39, 0.29) is 37.9 Å². The van der Waals surface area contributed by atoms with E-state index >= 15 is 0 Å². The molecule has 3 aromatic rings. The number of nitrogens with zero attached hydrogens (tertiary/aromatic N) is 1. The van der Waals surface area contributed by atoms with E-state index in [4.69, 9.17) is 9.47 Å². The Bertz CT molecular complexity index is 913. The van der Waals surface area contributed by atoms with Gasteiger partial charge in [0.15, 0.2) is 0 Å². The monoisotopic (exact) mass is 410 g/mol. The highest BCUT2D eigenvalue weighted by molar-refractivity contribution is 7.09. The second-order valence-electron chi connectivity index (χ2n) is 6.24. The Morgan fingerprint density at radius 2 is 1.72 bits per heavy atom. The van der Waals surface area contributed by atoms with Crippen molar-refractivity contribution in [3.05, 3.63) is 82.3 Å². The van der Waals surface area contributed by atoms with E-state index in [0.717, 1.165) is 11.3 Å². The van der Waals surface area contributed by atoms with Crippen LogP contribution in [0, 0.1) is 0 Å². The van der Waals surface area contributed by atoms with Crippen molar-refractivity contribution in [3.63, 3.8) is 0 Å².